The largest absolute Gasteiger partial charge is 0.120 e. The predicted molar refractivity (Wildman–Crippen MR) is 57.9 cm³/mol. The van der Waals surface area contributed by atoms with Gasteiger partial charge in [0, 0.05) is 10.4 Å². The zero-order valence-electron chi connectivity index (χ0n) is 8.11. The van der Waals surface area contributed by atoms with Crippen molar-refractivity contribution in [3.8, 4) is 0 Å². The maximum absolute atomic E-state index is 6.05. The molecule has 72 valence electrons. The summed E-state index contributed by atoms with van der Waals surface area (Å²) in [5.41, 5.74) is 1.59. The molecule has 0 rings (SSSR count). The SMILES string of the molecule is CC(C=CCl)CCCC(C)(C)Cl. The molecule has 0 radical (unpaired) electrons. The minimum Gasteiger partial charge on any atom is -0.120 e. The highest BCUT2D eigenvalue weighted by Gasteiger charge is 2.12. The first-order chi connectivity index (χ1) is 5.45. The molecular formula is C10H18Cl2. The standard InChI is InChI=1S/C10H18Cl2/c1-9(6-8-11)5-4-7-10(2,3)12/h6,8-9H,4-5,7H2,1-3H3. The van der Waals surface area contributed by atoms with Gasteiger partial charge in [0.2, 0.25) is 0 Å². The molecule has 0 amide bonds. The Labute approximate surface area is 85.9 Å². The van der Waals surface area contributed by atoms with Crippen LogP contribution in [0.5, 0.6) is 0 Å². The third-order valence-corrected chi connectivity index (χ3v) is 2.17. The molecule has 0 saturated heterocycles. The second kappa shape index (κ2) is 5.88. The summed E-state index contributed by atoms with van der Waals surface area (Å²) >= 11 is 11.5. The lowest BCUT2D eigenvalue weighted by Gasteiger charge is -2.15. The molecule has 0 nitrogen and oxygen atoms in total. The van der Waals surface area contributed by atoms with Crippen molar-refractivity contribution >= 4 is 23.2 Å². The second-order valence-corrected chi connectivity index (χ2v) is 5.18. The molecular weight excluding hydrogens is 191 g/mol. The molecule has 0 aromatic heterocycles. The van der Waals surface area contributed by atoms with E-state index in [1.54, 1.807) is 5.54 Å². The van der Waals surface area contributed by atoms with Gasteiger partial charge in [-0.15, -0.1) is 11.6 Å². The number of rotatable bonds is 5. The number of allylic oxidation sites excluding steroid dienone is 1. The maximum atomic E-state index is 6.05. The van der Waals surface area contributed by atoms with Crippen LogP contribution < -0.4 is 0 Å². The quantitative estimate of drug-likeness (QED) is 0.582. The number of halogens is 2. The van der Waals surface area contributed by atoms with E-state index in [0.717, 1.165) is 6.42 Å². The van der Waals surface area contributed by atoms with Crippen LogP contribution in [0.25, 0.3) is 0 Å². The fourth-order valence-electron chi connectivity index (χ4n) is 1.06. The van der Waals surface area contributed by atoms with Crippen molar-refractivity contribution in [2.24, 2.45) is 5.92 Å². The van der Waals surface area contributed by atoms with Crippen LogP contribution in [0.15, 0.2) is 11.6 Å². The Morgan fingerprint density at radius 3 is 2.42 bits per heavy atom. The van der Waals surface area contributed by atoms with Crippen molar-refractivity contribution in [2.45, 2.75) is 44.9 Å². The molecule has 2 heteroatoms. The van der Waals surface area contributed by atoms with Crippen LogP contribution in [0.2, 0.25) is 0 Å². The average Bonchev–Trinajstić information content (AvgIpc) is 1.84. The van der Waals surface area contributed by atoms with Gasteiger partial charge in [-0.25, -0.2) is 0 Å². The summed E-state index contributed by atoms with van der Waals surface area (Å²) in [6, 6.07) is 0. The minimum absolute atomic E-state index is 0.0512. The monoisotopic (exact) mass is 208 g/mol. The third-order valence-electron chi connectivity index (χ3n) is 1.83. The van der Waals surface area contributed by atoms with Crippen LogP contribution in [-0.2, 0) is 0 Å². The molecule has 0 aromatic carbocycles. The van der Waals surface area contributed by atoms with Crippen molar-refractivity contribution in [1.29, 1.82) is 0 Å². The summed E-state index contributed by atoms with van der Waals surface area (Å²) in [4.78, 5) is -0.0512. The fourth-order valence-corrected chi connectivity index (χ4v) is 1.45. The van der Waals surface area contributed by atoms with E-state index in [9.17, 15) is 0 Å². The maximum Gasteiger partial charge on any atom is 0.0390 e. The first-order valence-electron chi connectivity index (χ1n) is 4.41. The molecule has 0 spiro atoms. The predicted octanol–water partition coefficient (Wildman–Crippen LogP) is 4.56. The molecule has 0 aliphatic carbocycles. The number of hydrogen-bond acceptors (Lipinski definition) is 0. The molecule has 0 aliphatic heterocycles. The highest BCUT2D eigenvalue weighted by atomic mass is 35.5. The minimum atomic E-state index is -0.0512. The number of alkyl halides is 1. The highest BCUT2D eigenvalue weighted by molar-refractivity contribution is 6.25. The van der Waals surface area contributed by atoms with E-state index in [1.807, 2.05) is 6.08 Å². The van der Waals surface area contributed by atoms with Gasteiger partial charge >= 0.3 is 0 Å². The van der Waals surface area contributed by atoms with E-state index >= 15 is 0 Å². The van der Waals surface area contributed by atoms with Crippen molar-refractivity contribution in [2.75, 3.05) is 0 Å². The molecule has 0 saturated carbocycles. The molecule has 0 aromatic rings. The zero-order chi connectivity index (χ0) is 9.61. The molecule has 0 heterocycles. The Hall–Kier alpha value is 0.320. The van der Waals surface area contributed by atoms with Crippen molar-refractivity contribution < 1.29 is 0 Å². The lowest BCUT2D eigenvalue weighted by molar-refractivity contribution is 0.524. The summed E-state index contributed by atoms with van der Waals surface area (Å²) in [6.45, 7) is 6.27. The third kappa shape index (κ3) is 8.42. The Balaban J connectivity index is 3.43. The Morgan fingerprint density at radius 2 is 2.00 bits per heavy atom. The summed E-state index contributed by atoms with van der Waals surface area (Å²) < 4.78 is 0. The van der Waals surface area contributed by atoms with Gasteiger partial charge in [0.15, 0.2) is 0 Å². The Kier molecular flexibility index (Phi) is 6.04. The van der Waals surface area contributed by atoms with Crippen LogP contribution in [0, 0.1) is 5.92 Å². The molecule has 12 heavy (non-hydrogen) atoms. The topological polar surface area (TPSA) is 0 Å². The molecule has 0 bridgehead atoms. The lowest BCUT2D eigenvalue weighted by Crippen LogP contribution is -2.09. The van der Waals surface area contributed by atoms with Crippen LogP contribution in [0.1, 0.15) is 40.0 Å². The molecule has 1 atom stereocenters. The van der Waals surface area contributed by atoms with E-state index in [-0.39, 0.29) is 4.87 Å². The second-order valence-electron chi connectivity index (χ2n) is 3.91. The van der Waals surface area contributed by atoms with E-state index in [4.69, 9.17) is 23.2 Å². The summed E-state index contributed by atoms with van der Waals surface area (Å²) in [6.07, 6.45) is 5.41. The van der Waals surface area contributed by atoms with Gasteiger partial charge in [-0.3, -0.25) is 0 Å². The average molecular weight is 209 g/mol. The van der Waals surface area contributed by atoms with Gasteiger partial charge in [-0.1, -0.05) is 31.0 Å². The first kappa shape index (κ1) is 12.3. The highest BCUT2D eigenvalue weighted by Crippen LogP contribution is 2.22. The number of hydrogen-bond donors (Lipinski definition) is 0. The Bertz CT molecular complexity index is 133. The van der Waals surface area contributed by atoms with Crippen LogP contribution in [-0.4, -0.2) is 4.87 Å². The van der Waals surface area contributed by atoms with Gasteiger partial charge in [0.1, 0.15) is 0 Å². The smallest absolute Gasteiger partial charge is 0.0390 e. The van der Waals surface area contributed by atoms with Gasteiger partial charge in [-0.2, -0.15) is 0 Å². The summed E-state index contributed by atoms with van der Waals surface area (Å²) in [7, 11) is 0. The van der Waals surface area contributed by atoms with Crippen LogP contribution in [0.4, 0.5) is 0 Å². The molecule has 0 aliphatic rings. The van der Waals surface area contributed by atoms with E-state index in [0.29, 0.717) is 5.92 Å². The van der Waals surface area contributed by atoms with Gasteiger partial charge < -0.3 is 0 Å². The van der Waals surface area contributed by atoms with Crippen LogP contribution in [0.3, 0.4) is 0 Å². The van der Waals surface area contributed by atoms with Gasteiger partial charge in [0.05, 0.1) is 0 Å². The summed E-state index contributed by atoms with van der Waals surface area (Å²) in [5.74, 6) is 0.571. The molecule has 0 N–H and O–H groups in total. The van der Waals surface area contributed by atoms with E-state index in [1.165, 1.54) is 12.8 Å². The molecule has 1 unspecified atom stereocenters. The normalized spacial score (nSPS) is 15.4. The van der Waals surface area contributed by atoms with Crippen molar-refractivity contribution in [1.82, 2.24) is 0 Å². The van der Waals surface area contributed by atoms with Crippen molar-refractivity contribution in [3.63, 3.8) is 0 Å². The van der Waals surface area contributed by atoms with Crippen molar-refractivity contribution in [3.05, 3.63) is 11.6 Å². The molecule has 0 fully saturated rings. The zero-order valence-corrected chi connectivity index (χ0v) is 9.62. The Morgan fingerprint density at radius 1 is 1.42 bits per heavy atom. The van der Waals surface area contributed by atoms with Gasteiger partial charge in [0.25, 0.3) is 0 Å². The first-order valence-corrected chi connectivity index (χ1v) is 5.23. The lowest BCUT2D eigenvalue weighted by atomic mass is 9.99. The van der Waals surface area contributed by atoms with Crippen LogP contribution >= 0.6 is 23.2 Å². The summed E-state index contributed by atoms with van der Waals surface area (Å²) in [5, 5.41) is 0. The van der Waals surface area contributed by atoms with E-state index in [2.05, 4.69) is 20.8 Å². The van der Waals surface area contributed by atoms with Gasteiger partial charge in [-0.05, 0) is 32.6 Å². The fraction of sp³-hybridized carbons (Fsp3) is 0.800. The van der Waals surface area contributed by atoms with E-state index < -0.39 is 0 Å².